The van der Waals surface area contributed by atoms with Crippen LogP contribution in [0.15, 0.2) is 47.4 Å². The van der Waals surface area contributed by atoms with Crippen molar-refractivity contribution in [3.8, 4) is 0 Å². The number of benzene rings is 2. The average molecular weight is 330 g/mol. The first-order valence-electron chi connectivity index (χ1n) is 5.61. The lowest BCUT2D eigenvalue weighted by molar-refractivity contribution is 0.0698. The third-order valence-electron chi connectivity index (χ3n) is 2.59. The van der Waals surface area contributed by atoms with Crippen molar-refractivity contribution in [2.75, 3.05) is 4.72 Å². The van der Waals surface area contributed by atoms with Gasteiger partial charge in [-0.15, -0.1) is 0 Å². The molecule has 2 aromatic carbocycles. The van der Waals surface area contributed by atoms with Gasteiger partial charge in [-0.2, -0.15) is 0 Å². The van der Waals surface area contributed by atoms with Gasteiger partial charge in [-0.1, -0.05) is 23.7 Å². The predicted octanol–water partition coefficient (Wildman–Crippen LogP) is 2.98. The summed E-state index contributed by atoms with van der Waals surface area (Å²) in [6.07, 6.45) is 0. The summed E-state index contributed by atoms with van der Waals surface area (Å²) in [6, 6.07) is 8.50. The van der Waals surface area contributed by atoms with Crippen LogP contribution >= 0.6 is 11.6 Å². The second-order valence-electron chi connectivity index (χ2n) is 4.03. The van der Waals surface area contributed by atoms with Gasteiger partial charge in [0.15, 0.2) is 0 Å². The Balaban J connectivity index is 2.45. The van der Waals surface area contributed by atoms with Crippen LogP contribution in [0.2, 0.25) is 5.02 Å². The zero-order chi connectivity index (χ0) is 15.6. The molecule has 0 saturated carbocycles. The Hall–Kier alpha value is -2.12. The van der Waals surface area contributed by atoms with Crippen molar-refractivity contribution >= 4 is 33.3 Å². The first-order valence-corrected chi connectivity index (χ1v) is 7.47. The zero-order valence-electron chi connectivity index (χ0n) is 10.4. The molecular weight excluding hydrogens is 321 g/mol. The van der Waals surface area contributed by atoms with E-state index < -0.39 is 26.7 Å². The Bertz CT molecular complexity index is 808. The largest absolute Gasteiger partial charge is 0.478 e. The van der Waals surface area contributed by atoms with Crippen molar-refractivity contribution in [1.82, 2.24) is 0 Å². The van der Waals surface area contributed by atoms with E-state index in [1.165, 1.54) is 30.3 Å². The van der Waals surface area contributed by atoms with E-state index in [9.17, 15) is 17.6 Å². The van der Waals surface area contributed by atoms with E-state index in [4.69, 9.17) is 16.7 Å². The molecule has 0 spiro atoms. The molecule has 0 aliphatic carbocycles. The van der Waals surface area contributed by atoms with Crippen LogP contribution in [0.5, 0.6) is 0 Å². The standard InChI is InChI=1S/C13H9ClFNO4S/c14-8-5-6-12(10(15)7-8)21(19,20)16-11-4-2-1-3-9(11)13(17)18/h1-7,16H,(H,17,18). The summed E-state index contributed by atoms with van der Waals surface area (Å²) in [5.41, 5.74) is -0.394. The van der Waals surface area contributed by atoms with Gasteiger partial charge in [0.05, 0.1) is 11.3 Å². The summed E-state index contributed by atoms with van der Waals surface area (Å²) in [5.74, 6) is -2.33. The van der Waals surface area contributed by atoms with Crippen molar-refractivity contribution in [3.05, 3.63) is 58.9 Å². The number of hydrogen-bond donors (Lipinski definition) is 2. The number of carbonyl (C=O) groups is 1. The Morgan fingerprint density at radius 3 is 2.48 bits per heavy atom. The lowest BCUT2D eigenvalue weighted by Gasteiger charge is -2.11. The molecular formula is C13H9ClFNO4S. The van der Waals surface area contributed by atoms with E-state index in [2.05, 4.69) is 4.72 Å². The Morgan fingerprint density at radius 1 is 1.19 bits per heavy atom. The highest BCUT2D eigenvalue weighted by molar-refractivity contribution is 7.92. The molecule has 110 valence electrons. The van der Waals surface area contributed by atoms with Crippen molar-refractivity contribution in [2.24, 2.45) is 0 Å². The molecule has 0 amide bonds. The number of anilines is 1. The number of rotatable bonds is 4. The molecule has 5 nitrogen and oxygen atoms in total. The molecule has 2 aromatic rings. The molecule has 2 rings (SSSR count). The van der Waals surface area contributed by atoms with E-state index in [0.717, 1.165) is 12.1 Å². The molecule has 0 unspecified atom stereocenters. The summed E-state index contributed by atoms with van der Waals surface area (Å²) in [5, 5.41) is 9.05. The van der Waals surface area contributed by atoms with Crippen LogP contribution in [-0.4, -0.2) is 19.5 Å². The third kappa shape index (κ3) is 3.32. The van der Waals surface area contributed by atoms with Gasteiger partial charge in [0.2, 0.25) is 0 Å². The van der Waals surface area contributed by atoms with E-state index >= 15 is 0 Å². The average Bonchev–Trinajstić information content (AvgIpc) is 2.37. The quantitative estimate of drug-likeness (QED) is 0.903. The first-order chi connectivity index (χ1) is 9.81. The molecule has 0 aromatic heterocycles. The van der Waals surface area contributed by atoms with E-state index in [1.807, 2.05) is 0 Å². The van der Waals surface area contributed by atoms with Crippen LogP contribution in [0.3, 0.4) is 0 Å². The summed E-state index contributed by atoms with van der Waals surface area (Å²) in [7, 11) is -4.26. The Kier molecular flexibility index (Phi) is 4.15. The van der Waals surface area contributed by atoms with Gasteiger partial charge < -0.3 is 5.11 Å². The number of aromatic carboxylic acids is 1. The van der Waals surface area contributed by atoms with E-state index in [0.29, 0.717) is 0 Å². The van der Waals surface area contributed by atoms with Gasteiger partial charge in [-0.25, -0.2) is 17.6 Å². The second kappa shape index (κ2) is 5.71. The fourth-order valence-corrected chi connectivity index (χ4v) is 2.95. The highest BCUT2D eigenvalue weighted by Gasteiger charge is 2.21. The normalized spacial score (nSPS) is 11.1. The molecule has 0 radical (unpaired) electrons. The number of halogens is 2. The highest BCUT2D eigenvalue weighted by atomic mass is 35.5. The topological polar surface area (TPSA) is 83.5 Å². The Labute approximate surface area is 125 Å². The first kappa shape index (κ1) is 15.3. The van der Waals surface area contributed by atoms with Crippen LogP contribution < -0.4 is 4.72 Å². The number of carboxylic acid groups (broad SMARTS) is 1. The maximum absolute atomic E-state index is 13.7. The molecule has 21 heavy (non-hydrogen) atoms. The van der Waals surface area contributed by atoms with Crippen molar-refractivity contribution < 1.29 is 22.7 Å². The predicted molar refractivity (Wildman–Crippen MR) is 75.6 cm³/mol. The maximum atomic E-state index is 13.7. The minimum absolute atomic E-state index is 0.0531. The zero-order valence-corrected chi connectivity index (χ0v) is 12.0. The van der Waals surface area contributed by atoms with Gasteiger partial charge in [0.1, 0.15) is 10.7 Å². The molecule has 0 fully saturated rings. The van der Waals surface area contributed by atoms with Gasteiger partial charge in [0, 0.05) is 5.02 Å². The molecule has 0 aliphatic rings. The summed E-state index contributed by atoms with van der Waals surface area (Å²) in [6.45, 7) is 0. The van der Waals surface area contributed by atoms with E-state index in [-0.39, 0.29) is 16.3 Å². The van der Waals surface area contributed by atoms with Gasteiger partial charge in [0.25, 0.3) is 10.0 Å². The van der Waals surface area contributed by atoms with Crippen LogP contribution in [0.1, 0.15) is 10.4 Å². The lowest BCUT2D eigenvalue weighted by Crippen LogP contribution is -2.16. The third-order valence-corrected chi connectivity index (χ3v) is 4.22. The van der Waals surface area contributed by atoms with Gasteiger partial charge in [-0.05, 0) is 30.3 Å². The molecule has 8 heteroatoms. The fourth-order valence-electron chi connectivity index (χ4n) is 1.65. The number of para-hydroxylation sites is 1. The summed E-state index contributed by atoms with van der Waals surface area (Å²) >= 11 is 5.56. The number of sulfonamides is 1. The fraction of sp³-hybridized carbons (Fsp3) is 0. The van der Waals surface area contributed by atoms with Crippen LogP contribution in [0.4, 0.5) is 10.1 Å². The summed E-state index contributed by atoms with van der Waals surface area (Å²) < 4.78 is 40.0. The lowest BCUT2D eigenvalue weighted by atomic mass is 10.2. The number of nitrogens with one attached hydrogen (secondary N) is 1. The number of carboxylic acids is 1. The summed E-state index contributed by atoms with van der Waals surface area (Å²) in [4.78, 5) is 10.4. The van der Waals surface area contributed by atoms with Crippen LogP contribution in [0, 0.1) is 5.82 Å². The SMILES string of the molecule is O=C(O)c1ccccc1NS(=O)(=O)c1ccc(Cl)cc1F. The molecule has 2 N–H and O–H groups in total. The minimum atomic E-state index is -4.26. The number of hydrogen-bond acceptors (Lipinski definition) is 3. The van der Waals surface area contributed by atoms with Crippen molar-refractivity contribution in [2.45, 2.75) is 4.90 Å². The van der Waals surface area contributed by atoms with Gasteiger partial charge >= 0.3 is 5.97 Å². The van der Waals surface area contributed by atoms with Gasteiger partial charge in [-0.3, -0.25) is 4.72 Å². The van der Waals surface area contributed by atoms with Crippen molar-refractivity contribution in [1.29, 1.82) is 0 Å². The van der Waals surface area contributed by atoms with Crippen LogP contribution in [-0.2, 0) is 10.0 Å². The molecule has 0 heterocycles. The second-order valence-corrected chi connectivity index (χ2v) is 6.12. The molecule has 0 saturated heterocycles. The maximum Gasteiger partial charge on any atom is 0.337 e. The smallest absolute Gasteiger partial charge is 0.337 e. The minimum Gasteiger partial charge on any atom is -0.478 e. The van der Waals surface area contributed by atoms with Crippen LogP contribution in [0.25, 0.3) is 0 Å². The molecule has 0 bridgehead atoms. The highest BCUT2D eigenvalue weighted by Crippen LogP contribution is 2.23. The van der Waals surface area contributed by atoms with E-state index in [1.54, 1.807) is 0 Å². The molecule has 0 atom stereocenters. The monoisotopic (exact) mass is 329 g/mol. The Morgan fingerprint density at radius 2 is 1.86 bits per heavy atom. The molecule has 0 aliphatic heterocycles. The van der Waals surface area contributed by atoms with Crippen molar-refractivity contribution in [3.63, 3.8) is 0 Å².